The van der Waals surface area contributed by atoms with Gasteiger partial charge in [-0.05, 0) is 6.42 Å². The van der Waals surface area contributed by atoms with Crippen LogP contribution in [-0.4, -0.2) is 317 Å². The van der Waals surface area contributed by atoms with Crippen LogP contribution < -0.4 is 0 Å². The fourth-order valence-corrected chi connectivity index (χ4v) is 11.8. The number of carbonyl (C=O) groups is 1. The summed E-state index contributed by atoms with van der Waals surface area (Å²) >= 11 is 0. The zero-order valence-electron chi connectivity index (χ0n) is 47.7. The lowest BCUT2D eigenvalue weighted by atomic mass is 9.94. The maximum atomic E-state index is 13.2. The molecule has 0 aromatic carbocycles. The van der Waals surface area contributed by atoms with Crippen LogP contribution in [-0.2, 0) is 66.4 Å². The summed E-state index contributed by atoms with van der Waals surface area (Å²) in [6.45, 7) is -3.59. The Morgan fingerprint density at radius 3 is 0.706 bits per heavy atom. The van der Waals surface area contributed by atoms with Gasteiger partial charge in [0.2, 0.25) is 0 Å². The van der Waals surface area contributed by atoms with E-state index in [1.54, 1.807) is 0 Å². The molecule has 0 unspecified atom stereocenters. The Morgan fingerprint density at radius 2 is 0.482 bits per heavy atom. The highest BCUT2D eigenvalue weighted by Gasteiger charge is 2.59. The quantitative estimate of drug-likeness (QED) is 0.0334. The molecule has 0 aromatic heterocycles. The summed E-state index contributed by atoms with van der Waals surface area (Å²) < 4.78 is 75.3. The topological polar surface area (TPSA) is 481 Å². The fourth-order valence-electron chi connectivity index (χ4n) is 11.8. The van der Waals surface area contributed by atoms with Crippen LogP contribution in [0.2, 0.25) is 0 Å². The summed E-state index contributed by atoms with van der Waals surface area (Å²) in [5, 5.41) is 190. The van der Waals surface area contributed by atoms with E-state index in [1.165, 1.54) is 57.8 Å². The third-order valence-electron chi connectivity index (χ3n) is 16.9. The van der Waals surface area contributed by atoms with E-state index in [4.69, 9.17) is 61.6 Å². The van der Waals surface area contributed by atoms with Gasteiger partial charge < -0.3 is 148 Å². The minimum Gasteiger partial charge on any atom is -0.463 e. The van der Waals surface area contributed by atoms with Crippen LogP contribution in [0.25, 0.3) is 0 Å². The lowest BCUT2D eigenvalue weighted by molar-refractivity contribution is -0.404. The molecule has 496 valence electrons. The van der Waals surface area contributed by atoms with Gasteiger partial charge in [0.15, 0.2) is 37.7 Å². The summed E-state index contributed by atoms with van der Waals surface area (Å²) in [7, 11) is 0. The van der Waals surface area contributed by atoms with Gasteiger partial charge in [0, 0.05) is 6.42 Å². The molecule has 22 aliphatic rings. The Balaban J connectivity index is 1.09. The summed E-state index contributed by atoms with van der Waals surface area (Å²) in [4.78, 5) is 13.2. The third kappa shape index (κ3) is 17.5. The minimum absolute atomic E-state index is 0.0318. The second-order valence-corrected chi connectivity index (χ2v) is 23.0. The van der Waals surface area contributed by atoms with Gasteiger partial charge in [0.1, 0.15) is 153 Å². The van der Waals surface area contributed by atoms with E-state index in [1.807, 2.05) is 0 Å². The molecule has 22 heterocycles. The number of carbonyl (C=O) groups excluding carboxylic acids is 1. The standard InChI is InChI=1S/C54H94O31/c1-2-3-4-5-6-7-8-9-10-11-12-13-14-15-16-17-30(60)73-23-29-48-36(66)42(72)54(79-29)84-47-28(22-59)77-52(40(70)34(47)64)82-45-26(20-57)75-50(38(68)32(45)62)80-43-24(18-55)74-49(37(67)31(43)61)81-44-25(19-56)76-51(39(69)33(44)63)83-46-27(21-58)78-53(85-48)41(71)35(46)65/h24-29,31-59,61-72H,2-23H2,1H3/t24-,25-,26-,27-,28-,29-,31-,32-,33-,34-,35-,36-,37-,38-,39-,40-,41-,42-,43-,44-,45-,46-,47-,48-,49-,50-,51-,52-,53-,54-/m1/s1. The number of esters is 1. The average molecular weight is 1240 g/mol. The minimum atomic E-state index is -2.19. The maximum absolute atomic E-state index is 13.2. The first kappa shape index (κ1) is 70.8. The lowest BCUT2D eigenvalue weighted by Gasteiger charge is -2.50. The molecule has 22 rings (SSSR count). The molecule has 0 spiro atoms. The Kier molecular flexibility index (Phi) is 28.4. The number of rotatable bonds is 23. The van der Waals surface area contributed by atoms with E-state index >= 15 is 0 Å². The van der Waals surface area contributed by atoms with Crippen molar-refractivity contribution in [2.45, 2.75) is 294 Å². The van der Waals surface area contributed by atoms with Gasteiger partial charge in [-0.15, -0.1) is 0 Å². The predicted molar refractivity (Wildman–Crippen MR) is 279 cm³/mol. The van der Waals surface area contributed by atoms with Gasteiger partial charge >= 0.3 is 5.97 Å². The first-order valence-electron chi connectivity index (χ1n) is 30.0. The van der Waals surface area contributed by atoms with Crippen molar-refractivity contribution in [2.75, 3.05) is 39.6 Å². The van der Waals surface area contributed by atoms with Crippen molar-refractivity contribution in [2.24, 2.45) is 0 Å². The highest BCUT2D eigenvalue weighted by atomic mass is 16.8. The number of unbranched alkanes of at least 4 members (excludes halogenated alkanes) is 14. The smallest absolute Gasteiger partial charge is 0.305 e. The molecule has 12 bridgehead atoms. The third-order valence-corrected chi connectivity index (χ3v) is 16.9. The molecule has 0 aliphatic carbocycles. The zero-order chi connectivity index (χ0) is 61.6. The molecule has 17 N–H and O–H groups in total. The zero-order valence-corrected chi connectivity index (χ0v) is 47.7. The molecule has 0 aromatic rings. The SMILES string of the molecule is CCCCCCCCCCCCCCCCCC(=O)OC[C@H]1O[C@@H]2O[C@H]3[C@H](O)[C@@H](O)[C@@H](O[C@H]4[C@H](O)[C@@H](O)[C@@H](O[C@H]5[C@H](O)[C@@H](O)[C@@H](O[C@H]6[C@H](O)[C@@H](O)[C@@H](O[C@H]7[C@H](O)[C@@H](O)[C@@H](O[C@H]1[C@H](O)[C@H]2O)O[C@@H]7CO)O[C@@H]6CO)O[C@@H]5CO)O[C@@H]4CO)O[C@@H]3CO. The lowest BCUT2D eigenvalue weighted by Crippen LogP contribution is -2.69. The van der Waals surface area contributed by atoms with E-state index in [2.05, 4.69) is 6.92 Å². The first-order valence-corrected chi connectivity index (χ1v) is 30.0. The second kappa shape index (κ2) is 34.1. The van der Waals surface area contributed by atoms with Gasteiger partial charge in [-0.25, -0.2) is 0 Å². The van der Waals surface area contributed by atoms with Crippen LogP contribution in [0.1, 0.15) is 110 Å². The van der Waals surface area contributed by atoms with E-state index < -0.39 is 230 Å². The van der Waals surface area contributed by atoms with Gasteiger partial charge in [0.25, 0.3) is 0 Å². The van der Waals surface area contributed by atoms with Gasteiger partial charge in [0.05, 0.1) is 33.0 Å². The molecule has 31 nitrogen and oxygen atoms in total. The average Bonchev–Trinajstić information content (AvgIpc) is 2.01. The molecule has 85 heavy (non-hydrogen) atoms. The van der Waals surface area contributed by atoms with Crippen molar-refractivity contribution in [3.05, 3.63) is 0 Å². The molecule has 31 heteroatoms. The molecular formula is C54H94O31. The van der Waals surface area contributed by atoms with E-state index in [0.29, 0.717) is 6.42 Å². The summed E-state index contributed by atoms with van der Waals surface area (Å²) in [5.74, 6) is -0.702. The molecule has 22 aliphatic heterocycles. The summed E-state index contributed by atoms with van der Waals surface area (Å²) in [6.07, 6.45) is -42.7. The van der Waals surface area contributed by atoms with Crippen LogP contribution in [0.4, 0.5) is 0 Å². The normalized spacial score (nSPS) is 45.6. The predicted octanol–water partition coefficient (Wildman–Crippen LogP) is -6.24. The highest BCUT2D eigenvalue weighted by Crippen LogP contribution is 2.38. The Morgan fingerprint density at radius 1 is 0.282 bits per heavy atom. The van der Waals surface area contributed by atoms with Crippen molar-refractivity contribution < 1.29 is 153 Å². The molecule has 0 amide bonds. The fraction of sp³-hybridized carbons (Fsp3) is 0.981. The molecule has 22 saturated heterocycles. The molecule has 30 atom stereocenters. The van der Waals surface area contributed by atoms with Crippen molar-refractivity contribution in [3.63, 3.8) is 0 Å². The molecule has 0 radical (unpaired) electrons. The molecule has 0 saturated carbocycles. The summed E-state index contributed by atoms with van der Waals surface area (Å²) in [5.41, 5.74) is 0. The number of ether oxygens (including phenoxy) is 13. The highest BCUT2D eigenvalue weighted by molar-refractivity contribution is 5.69. The number of aliphatic hydroxyl groups excluding tert-OH is 17. The van der Waals surface area contributed by atoms with Gasteiger partial charge in [-0.3, -0.25) is 4.79 Å². The molecule has 22 fully saturated rings. The number of hydrogen-bond donors (Lipinski definition) is 17. The largest absolute Gasteiger partial charge is 0.463 e. The van der Waals surface area contributed by atoms with Crippen molar-refractivity contribution in [1.82, 2.24) is 0 Å². The molecular weight excluding hydrogens is 1140 g/mol. The monoisotopic (exact) mass is 1240 g/mol. The number of aliphatic hydroxyl groups is 17. The Labute approximate surface area is 491 Å². The van der Waals surface area contributed by atoms with Crippen molar-refractivity contribution in [1.29, 1.82) is 0 Å². The van der Waals surface area contributed by atoms with Crippen LogP contribution in [0.3, 0.4) is 0 Å². The van der Waals surface area contributed by atoms with E-state index in [-0.39, 0.29) is 6.42 Å². The van der Waals surface area contributed by atoms with E-state index in [0.717, 1.165) is 32.1 Å². The van der Waals surface area contributed by atoms with Crippen molar-refractivity contribution in [3.8, 4) is 0 Å². The van der Waals surface area contributed by atoms with Gasteiger partial charge in [-0.1, -0.05) is 96.8 Å². The Hall–Kier alpha value is -1.69. The second-order valence-electron chi connectivity index (χ2n) is 23.0. The van der Waals surface area contributed by atoms with Gasteiger partial charge in [-0.2, -0.15) is 0 Å². The number of hydrogen-bond acceptors (Lipinski definition) is 31. The van der Waals surface area contributed by atoms with Crippen LogP contribution in [0.5, 0.6) is 0 Å². The Bertz CT molecular complexity index is 1910. The van der Waals surface area contributed by atoms with Crippen LogP contribution in [0, 0.1) is 0 Å². The first-order chi connectivity index (χ1) is 40.8. The van der Waals surface area contributed by atoms with Crippen molar-refractivity contribution >= 4 is 5.97 Å². The van der Waals surface area contributed by atoms with E-state index in [9.17, 15) is 91.6 Å². The van der Waals surface area contributed by atoms with Crippen LogP contribution in [0.15, 0.2) is 0 Å². The summed E-state index contributed by atoms with van der Waals surface area (Å²) in [6, 6.07) is 0. The van der Waals surface area contributed by atoms with Crippen LogP contribution >= 0.6 is 0 Å². The maximum Gasteiger partial charge on any atom is 0.305 e.